The zero-order valence-corrected chi connectivity index (χ0v) is 10.9. The van der Waals surface area contributed by atoms with Gasteiger partial charge < -0.3 is 5.11 Å². The van der Waals surface area contributed by atoms with Crippen LogP contribution in [0.2, 0.25) is 0 Å². The second kappa shape index (κ2) is 5.38. The van der Waals surface area contributed by atoms with Gasteiger partial charge in [-0.2, -0.15) is 10.2 Å². The maximum atomic E-state index is 10.3. The van der Waals surface area contributed by atoms with Gasteiger partial charge in [-0.3, -0.25) is 0 Å². The van der Waals surface area contributed by atoms with Gasteiger partial charge in [0.1, 0.15) is 0 Å². The average molecular weight is 248 g/mol. The molecule has 4 heteroatoms. The van der Waals surface area contributed by atoms with E-state index in [9.17, 15) is 5.11 Å². The lowest BCUT2D eigenvalue weighted by molar-refractivity contribution is 0.177. The normalized spacial score (nSPS) is 12.6. The molecule has 0 saturated heterocycles. The van der Waals surface area contributed by atoms with Crippen molar-refractivity contribution in [3.63, 3.8) is 0 Å². The topological polar surface area (TPSA) is 46.0 Å². The highest BCUT2D eigenvalue weighted by Crippen LogP contribution is 2.23. The summed E-state index contributed by atoms with van der Waals surface area (Å²) in [5, 5.41) is 20.5. The van der Waals surface area contributed by atoms with Gasteiger partial charge in [-0.1, -0.05) is 13.0 Å². The van der Waals surface area contributed by atoms with E-state index in [-0.39, 0.29) is 0 Å². The summed E-state index contributed by atoms with van der Waals surface area (Å²) in [6, 6.07) is 5.98. The van der Waals surface area contributed by atoms with Gasteiger partial charge >= 0.3 is 0 Å². The molecule has 2 heterocycles. The first-order chi connectivity index (χ1) is 8.20. The van der Waals surface area contributed by atoms with E-state index < -0.39 is 6.10 Å². The van der Waals surface area contributed by atoms with Crippen molar-refractivity contribution in [1.29, 1.82) is 0 Å². The van der Waals surface area contributed by atoms with Gasteiger partial charge in [0, 0.05) is 16.9 Å². The Kier molecular flexibility index (Phi) is 3.86. The number of hydrogen-bond donors (Lipinski definition) is 1. The molecule has 0 spiro atoms. The Morgan fingerprint density at radius 1 is 1.41 bits per heavy atom. The van der Waals surface area contributed by atoms with Crippen LogP contribution < -0.4 is 0 Å². The lowest BCUT2D eigenvalue weighted by Gasteiger charge is -2.13. The number of aromatic nitrogens is 2. The second-order valence-electron chi connectivity index (χ2n) is 4.04. The highest BCUT2D eigenvalue weighted by molar-refractivity contribution is 7.09. The van der Waals surface area contributed by atoms with Crippen LogP contribution in [0, 0.1) is 6.92 Å². The van der Waals surface area contributed by atoms with Crippen molar-refractivity contribution >= 4 is 11.3 Å². The van der Waals surface area contributed by atoms with Gasteiger partial charge in [0.05, 0.1) is 17.5 Å². The number of hydrogen-bond acceptors (Lipinski definition) is 4. The summed E-state index contributed by atoms with van der Waals surface area (Å²) >= 11 is 1.67. The molecule has 0 amide bonds. The molecule has 17 heavy (non-hydrogen) atoms. The first-order valence-electron chi connectivity index (χ1n) is 5.74. The minimum atomic E-state index is -0.488. The lowest BCUT2D eigenvalue weighted by atomic mass is 10.0. The molecule has 0 aromatic carbocycles. The number of aliphatic hydroxyl groups is 1. The Labute approximate surface area is 105 Å². The van der Waals surface area contributed by atoms with Gasteiger partial charge in [-0.15, -0.1) is 11.3 Å². The molecule has 0 bridgehead atoms. The van der Waals surface area contributed by atoms with Crippen LogP contribution in [0.15, 0.2) is 23.6 Å². The van der Waals surface area contributed by atoms with Crippen LogP contribution in [-0.2, 0) is 12.8 Å². The molecular weight excluding hydrogens is 232 g/mol. The van der Waals surface area contributed by atoms with E-state index in [1.165, 1.54) is 4.88 Å². The Balaban J connectivity index is 2.23. The Morgan fingerprint density at radius 3 is 2.88 bits per heavy atom. The summed E-state index contributed by atoms with van der Waals surface area (Å²) < 4.78 is 0. The smallest absolute Gasteiger partial charge is 0.0857 e. The maximum absolute atomic E-state index is 10.3. The Bertz CT molecular complexity index is 482. The zero-order valence-electron chi connectivity index (χ0n) is 10.1. The summed E-state index contributed by atoms with van der Waals surface area (Å²) in [5.74, 6) is 0. The molecule has 2 aromatic rings. The van der Waals surface area contributed by atoms with Crippen LogP contribution in [0.3, 0.4) is 0 Å². The molecule has 90 valence electrons. The molecule has 2 rings (SSSR count). The number of rotatable bonds is 4. The van der Waals surface area contributed by atoms with Crippen molar-refractivity contribution in [3.05, 3.63) is 45.4 Å². The third kappa shape index (κ3) is 2.90. The van der Waals surface area contributed by atoms with E-state index >= 15 is 0 Å². The molecule has 0 radical (unpaired) electrons. The third-order valence-electron chi connectivity index (χ3n) is 2.69. The van der Waals surface area contributed by atoms with Crippen LogP contribution >= 0.6 is 11.3 Å². The minimum absolute atomic E-state index is 0.488. The Hall–Kier alpha value is -1.26. The number of aryl methyl sites for hydroxylation is 2. The predicted molar refractivity (Wildman–Crippen MR) is 69.1 cm³/mol. The van der Waals surface area contributed by atoms with Crippen molar-refractivity contribution < 1.29 is 5.11 Å². The van der Waals surface area contributed by atoms with Gasteiger partial charge in [0.15, 0.2) is 0 Å². The second-order valence-corrected chi connectivity index (χ2v) is 5.07. The standard InChI is InChI=1S/C13H16N2OS/c1-3-12-11(7-9(2)14-15-12)13(16)8-10-5-4-6-17-10/h4-7,13,16H,3,8H2,1-2H3. The van der Waals surface area contributed by atoms with Crippen LogP contribution in [0.25, 0.3) is 0 Å². The lowest BCUT2D eigenvalue weighted by Crippen LogP contribution is -2.08. The summed E-state index contributed by atoms with van der Waals surface area (Å²) in [7, 11) is 0. The number of nitrogens with zero attached hydrogens (tertiary/aromatic N) is 2. The molecule has 3 nitrogen and oxygen atoms in total. The summed E-state index contributed by atoms with van der Waals surface area (Å²) in [6.45, 7) is 3.93. The van der Waals surface area contributed by atoms with Crippen LogP contribution in [-0.4, -0.2) is 15.3 Å². The van der Waals surface area contributed by atoms with E-state index in [2.05, 4.69) is 10.2 Å². The van der Waals surface area contributed by atoms with Crippen LogP contribution in [0.4, 0.5) is 0 Å². The molecule has 0 aliphatic rings. The van der Waals surface area contributed by atoms with Crippen molar-refractivity contribution in [2.45, 2.75) is 32.8 Å². The van der Waals surface area contributed by atoms with Crippen molar-refractivity contribution in [1.82, 2.24) is 10.2 Å². The van der Waals surface area contributed by atoms with Crippen LogP contribution in [0.1, 0.15) is 34.9 Å². The summed E-state index contributed by atoms with van der Waals surface area (Å²) in [6.07, 6.45) is 0.956. The highest BCUT2D eigenvalue weighted by atomic mass is 32.1. The van der Waals surface area contributed by atoms with Crippen molar-refractivity contribution in [3.8, 4) is 0 Å². The summed E-state index contributed by atoms with van der Waals surface area (Å²) in [4.78, 5) is 1.19. The Morgan fingerprint density at radius 2 is 2.24 bits per heavy atom. The van der Waals surface area contributed by atoms with E-state index in [0.29, 0.717) is 6.42 Å². The fraction of sp³-hybridized carbons (Fsp3) is 0.385. The zero-order chi connectivity index (χ0) is 12.3. The first kappa shape index (κ1) is 12.2. The summed E-state index contributed by atoms with van der Waals surface area (Å²) in [5.41, 5.74) is 2.65. The molecular formula is C13H16N2OS. The average Bonchev–Trinajstić information content (AvgIpc) is 2.81. The van der Waals surface area contributed by atoms with E-state index in [1.807, 2.05) is 37.4 Å². The van der Waals surface area contributed by atoms with Gasteiger partial charge in [0.25, 0.3) is 0 Å². The number of thiophene rings is 1. The van der Waals surface area contributed by atoms with Gasteiger partial charge in [-0.25, -0.2) is 0 Å². The van der Waals surface area contributed by atoms with Crippen molar-refractivity contribution in [2.75, 3.05) is 0 Å². The highest BCUT2D eigenvalue weighted by Gasteiger charge is 2.14. The van der Waals surface area contributed by atoms with Gasteiger partial charge in [-0.05, 0) is 30.9 Å². The van der Waals surface area contributed by atoms with Gasteiger partial charge in [0.2, 0.25) is 0 Å². The van der Waals surface area contributed by atoms with E-state index in [0.717, 1.165) is 23.4 Å². The van der Waals surface area contributed by atoms with E-state index in [4.69, 9.17) is 0 Å². The first-order valence-corrected chi connectivity index (χ1v) is 6.62. The molecule has 2 aromatic heterocycles. The predicted octanol–water partition coefficient (Wildman–Crippen LogP) is 2.69. The minimum Gasteiger partial charge on any atom is -0.388 e. The molecule has 1 unspecified atom stereocenters. The van der Waals surface area contributed by atoms with Crippen LogP contribution in [0.5, 0.6) is 0 Å². The molecule has 0 saturated carbocycles. The van der Waals surface area contributed by atoms with E-state index in [1.54, 1.807) is 11.3 Å². The molecule has 0 aliphatic heterocycles. The fourth-order valence-corrected chi connectivity index (χ4v) is 2.57. The maximum Gasteiger partial charge on any atom is 0.0857 e. The monoisotopic (exact) mass is 248 g/mol. The molecule has 0 aliphatic carbocycles. The SMILES string of the molecule is CCc1nnc(C)cc1C(O)Cc1cccs1. The number of aliphatic hydroxyl groups excluding tert-OH is 1. The molecule has 1 atom stereocenters. The molecule has 0 fully saturated rings. The largest absolute Gasteiger partial charge is 0.388 e. The quantitative estimate of drug-likeness (QED) is 0.905. The molecule has 1 N–H and O–H groups in total. The fourth-order valence-electron chi connectivity index (χ4n) is 1.83. The van der Waals surface area contributed by atoms with Crippen molar-refractivity contribution in [2.24, 2.45) is 0 Å². The third-order valence-corrected chi connectivity index (χ3v) is 3.59.